The molecule has 3 aromatic rings. The Bertz CT molecular complexity index is 1180. The van der Waals surface area contributed by atoms with Crippen molar-refractivity contribution in [3.05, 3.63) is 77.4 Å². The van der Waals surface area contributed by atoms with Gasteiger partial charge in [0.1, 0.15) is 17.4 Å². The third-order valence-corrected chi connectivity index (χ3v) is 5.85. The largest absolute Gasteiger partial charge is 0.465 e. The number of carbonyl (C=O) groups excluding carboxylic acids is 3. The first-order valence-corrected chi connectivity index (χ1v) is 10.9. The standard InChI is InChI=1S/C25H24FN3O5/c1-33-25(32)22-18(5-4-6-19(22)26)17-10-8-16(9-11-17)15-27-23(30)20-7-2-3-14-29(20)24(31)21-12-13-28-34-21/h4-6,8-13,20H,2-3,7,14-15H2,1H3,(H,27,30). The van der Waals surface area contributed by atoms with Crippen LogP contribution >= 0.6 is 0 Å². The summed E-state index contributed by atoms with van der Waals surface area (Å²) in [4.78, 5) is 39.1. The Kier molecular flexibility index (Phi) is 7.01. The van der Waals surface area contributed by atoms with Crippen LogP contribution < -0.4 is 5.32 Å². The van der Waals surface area contributed by atoms with Gasteiger partial charge in [-0.15, -0.1) is 0 Å². The molecule has 34 heavy (non-hydrogen) atoms. The second-order valence-electron chi connectivity index (χ2n) is 7.96. The number of piperidine rings is 1. The third kappa shape index (κ3) is 4.83. The average Bonchev–Trinajstić information content (AvgIpc) is 3.42. The fourth-order valence-corrected chi connectivity index (χ4v) is 4.10. The molecular weight excluding hydrogens is 441 g/mol. The lowest BCUT2D eigenvalue weighted by atomic mass is 9.98. The monoisotopic (exact) mass is 465 g/mol. The van der Waals surface area contributed by atoms with Crippen LogP contribution in [0.2, 0.25) is 0 Å². The highest BCUT2D eigenvalue weighted by Gasteiger charge is 2.33. The zero-order valence-electron chi connectivity index (χ0n) is 18.6. The molecule has 1 aromatic heterocycles. The number of ether oxygens (including phenoxy) is 1. The lowest BCUT2D eigenvalue weighted by Gasteiger charge is -2.34. The van der Waals surface area contributed by atoms with Crippen LogP contribution in [0.4, 0.5) is 4.39 Å². The Labute approximate surface area is 195 Å². The SMILES string of the molecule is COC(=O)c1c(F)cccc1-c1ccc(CNC(=O)C2CCCCN2C(=O)c2ccno2)cc1. The Morgan fingerprint density at radius 2 is 1.94 bits per heavy atom. The number of amides is 2. The average molecular weight is 465 g/mol. The van der Waals surface area contributed by atoms with E-state index in [9.17, 15) is 18.8 Å². The van der Waals surface area contributed by atoms with Crippen molar-refractivity contribution in [2.45, 2.75) is 31.8 Å². The van der Waals surface area contributed by atoms with Gasteiger partial charge in [-0.3, -0.25) is 9.59 Å². The Hall–Kier alpha value is -4.01. The van der Waals surface area contributed by atoms with E-state index in [1.807, 2.05) is 0 Å². The van der Waals surface area contributed by atoms with E-state index in [-0.39, 0.29) is 29.7 Å². The number of likely N-dealkylation sites (tertiary alicyclic amines) is 1. The molecule has 1 aliphatic rings. The van der Waals surface area contributed by atoms with Crippen LogP contribution in [0, 0.1) is 5.82 Å². The minimum atomic E-state index is -0.749. The molecule has 0 aliphatic carbocycles. The molecule has 8 nitrogen and oxygen atoms in total. The number of nitrogens with zero attached hydrogens (tertiary/aromatic N) is 2. The van der Waals surface area contributed by atoms with Crippen molar-refractivity contribution in [3.8, 4) is 11.1 Å². The zero-order valence-corrected chi connectivity index (χ0v) is 18.6. The summed E-state index contributed by atoms with van der Waals surface area (Å²) < 4.78 is 23.9. The smallest absolute Gasteiger partial charge is 0.341 e. The molecule has 4 rings (SSSR count). The van der Waals surface area contributed by atoms with Crippen LogP contribution in [0.5, 0.6) is 0 Å². The van der Waals surface area contributed by atoms with Gasteiger partial charge in [0, 0.05) is 19.2 Å². The van der Waals surface area contributed by atoms with Crippen molar-refractivity contribution in [2.24, 2.45) is 0 Å². The Morgan fingerprint density at radius 1 is 1.15 bits per heavy atom. The molecule has 0 saturated carbocycles. The Morgan fingerprint density at radius 3 is 2.65 bits per heavy atom. The molecule has 1 aliphatic heterocycles. The van der Waals surface area contributed by atoms with Gasteiger partial charge < -0.3 is 19.5 Å². The predicted molar refractivity (Wildman–Crippen MR) is 120 cm³/mol. The second kappa shape index (κ2) is 10.3. The molecule has 0 radical (unpaired) electrons. The summed E-state index contributed by atoms with van der Waals surface area (Å²) in [5.41, 5.74) is 1.76. The van der Waals surface area contributed by atoms with Crippen LogP contribution in [0.15, 0.2) is 59.3 Å². The van der Waals surface area contributed by atoms with Crippen molar-refractivity contribution in [1.82, 2.24) is 15.4 Å². The zero-order chi connectivity index (χ0) is 24.1. The topological polar surface area (TPSA) is 102 Å². The number of carbonyl (C=O) groups is 3. The summed E-state index contributed by atoms with van der Waals surface area (Å²) in [5, 5.41) is 6.46. The summed E-state index contributed by atoms with van der Waals surface area (Å²) >= 11 is 0. The van der Waals surface area contributed by atoms with Gasteiger partial charge in [0.25, 0.3) is 5.91 Å². The molecule has 0 spiro atoms. The number of methoxy groups -OCH3 is 1. The molecule has 1 saturated heterocycles. The number of aromatic nitrogens is 1. The highest BCUT2D eigenvalue weighted by Crippen LogP contribution is 2.27. The van der Waals surface area contributed by atoms with Crippen molar-refractivity contribution in [2.75, 3.05) is 13.7 Å². The maximum atomic E-state index is 14.2. The lowest BCUT2D eigenvalue weighted by Crippen LogP contribution is -2.51. The normalized spacial score (nSPS) is 15.6. The van der Waals surface area contributed by atoms with E-state index in [2.05, 4.69) is 10.5 Å². The van der Waals surface area contributed by atoms with Crippen LogP contribution in [0.3, 0.4) is 0 Å². The Balaban J connectivity index is 1.43. The van der Waals surface area contributed by atoms with E-state index >= 15 is 0 Å². The number of rotatable bonds is 6. The molecule has 1 N–H and O–H groups in total. The number of esters is 1. The van der Waals surface area contributed by atoms with Gasteiger partial charge in [0.15, 0.2) is 0 Å². The van der Waals surface area contributed by atoms with Crippen LogP contribution in [-0.2, 0) is 16.1 Å². The summed E-state index contributed by atoms with van der Waals surface area (Å²) in [7, 11) is 1.21. The molecule has 0 bridgehead atoms. The minimum Gasteiger partial charge on any atom is -0.465 e. The molecule has 1 fully saturated rings. The minimum absolute atomic E-state index is 0.110. The van der Waals surface area contributed by atoms with E-state index in [0.717, 1.165) is 18.4 Å². The first-order valence-electron chi connectivity index (χ1n) is 10.9. The molecule has 176 valence electrons. The molecule has 2 heterocycles. The summed E-state index contributed by atoms with van der Waals surface area (Å²) in [6.45, 7) is 0.732. The lowest BCUT2D eigenvalue weighted by molar-refractivity contribution is -0.126. The number of benzene rings is 2. The quantitative estimate of drug-likeness (QED) is 0.559. The van der Waals surface area contributed by atoms with Gasteiger partial charge in [0.2, 0.25) is 11.7 Å². The van der Waals surface area contributed by atoms with Gasteiger partial charge in [0.05, 0.1) is 13.3 Å². The molecular formula is C25H24FN3O5. The number of nitrogens with one attached hydrogen (secondary N) is 1. The first kappa shape index (κ1) is 23.2. The maximum Gasteiger partial charge on any atom is 0.341 e. The van der Waals surface area contributed by atoms with Crippen molar-refractivity contribution in [3.63, 3.8) is 0 Å². The summed E-state index contributed by atoms with van der Waals surface area (Å²) in [5.74, 6) is -1.88. The molecule has 2 amide bonds. The van der Waals surface area contributed by atoms with Crippen molar-refractivity contribution in [1.29, 1.82) is 0 Å². The molecule has 1 unspecified atom stereocenters. The summed E-state index contributed by atoms with van der Waals surface area (Å²) in [6, 6.07) is 12.4. The highest BCUT2D eigenvalue weighted by atomic mass is 19.1. The molecule has 1 atom stereocenters. The van der Waals surface area contributed by atoms with Crippen LogP contribution in [-0.4, -0.2) is 47.5 Å². The maximum absolute atomic E-state index is 14.2. The van der Waals surface area contributed by atoms with E-state index in [1.54, 1.807) is 30.3 Å². The van der Waals surface area contributed by atoms with Crippen molar-refractivity contribution >= 4 is 17.8 Å². The summed E-state index contributed by atoms with van der Waals surface area (Å²) in [6.07, 6.45) is 3.64. The highest BCUT2D eigenvalue weighted by molar-refractivity contribution is 5.97. The molecule has 9 heteroatoms. The van der Waals surface area contributed by atoms with Gasteiger partial charge in [-0.25, -0.2) is 9.18 Å². The fourth-order valence-electron chi connectivity index (χ4n) is 4.10. The van der Waals surface area contributed by atoms with E-state index < -0.39 is 17.8 Å². The number of hydrogen-bond donors (Lipinski definition) is 1. The molecule has 2 aromatic carbocycles. The predicted octanol–water partition coefficient (Wildman–Crippen LogP) is 3.58. The first-order chi connectivity index (χ1) is 16.5. The van der Waals surface area contributed by atoms with Gasteiger partial charge in [-0.1, -0.05) is 41.6 Å². The van der Waals surface area contributed by atoms with Crippen LogP contribution in [0.25, 0.3) is 11.1 Å². The van der Waals surface area contributed by atoms with Crippen molar-refractivity contribution < 1.29 is 28.0 Å². The number of hydrogen-bond acceptors (Lipinski definition) is 6. The van der Waals surface area contributed by atoms with Gasteiger partial charge >= 0.3 is 5.97 Å². The second-order valence-corrected chi connectivity index (χ2v) is 7.96. The van der Waals surface area contributed by atoms with E-state index in [1.165, 1.54) is 36.4 Å². The number of halogens is 1. The third-order valence-electron chi connectivity index (χ3n) is 5.85. The van der Waals surface area contributed by atoms with E-state index in [0.29, 0.717) is 24.1 Å². The van der Waals surface area contributed by atoms with Gasteiger partial charge in [-0.05, 0) is 42.0 Å². The van der Waals surface area contributed by atoms with E-state index in [4.69, 9.17) is 9.26 Å². The van der Waals surface area contributed by atoms with Crippen LogP contribution in [0.1, 0.15) is 45.7 Å². The fraction of sp³-hybridized carbons (Fsp3) is 0.280. The van der Waals surface area contributed by atoms with Gasteiger partial charge in [-0.2, -0.15) is 0 Å².